The van der Waals surface area contributed by atoms with Gasteiger partial charge in [-0.3, -0.25) is 4.79 Å². The molecule has 5 nitrogen and oxygen atoms in total. The van der Waals surface area contributed by atoms with Crippen LogP contribution in [0.15, 0.2) is 47.0 Å². The van der Waals surface area contributed by atoms with Crippen molar-refractivity contribution in [3.05, 3.63) is 64.0 Å². The van der Waals surface area contributed by atoms with Gasteiger partial charge in [0.05, 0.1) is 16.0 Å². The maximum absolute atomic E-state index is 12.4. The monoisotopic (exact) mass is 387 g/mol. The molecule has 132 valence electrons. The van der Waals surface area contributed by atoms with Crippen LogP contribution < -0.4 is 4.90 Å². The van der Waals surface area contributed by atoms with E-state index in [1.165, 1.54) is 0 Å². The number of hydrogen-bond donors (Lipinski definition) is 0. The molecule has 2 heterocycles. The molecule has 1 amide bonds. The van der Waals surface area contributed by atoms with Crippen LogP contribution in [-0.4, -0.2) is 22.6 Å². The third-order valence-corrected chi connectivity index (χ3v) is 5.15. The molecule has 1 aliphatic rings. The van der Waals surface area contributed by atoms with Crippen LogP contribution in [0.4, 0.5) is 5.69 Å². The van der Waals surface area contributed by atoms with Gasteiger partial charge in [0, 0.05) is 24.2 Å². The molecule has 0 bridgehead atoms. The number of carbonyl (C=O) groups is 1. The lowest BCUT2D eigenvalue weighted by atomic mass is 10.1. The number of carbonyl (C=O) groups excluding carboxylic acids is 1. The summed E-state index contributed by atoms with van der Waals surface area (Å²) in [6.07, 6.45) is 0.315. The van der Waals surface area contributed by atoms with Gasteiger partial charge in [0.15, 0.2) is 0 Å². The molecular weight excluding hydrogens is 373 g/mol. The van der Waals surface area contributed by atoms with Crippen LogP contribution in [0.2, 0.25) is 10.0 Å². The maximum atomic E-state index is 12.4. The van der Waals surface area contributed by atoms with Crippen molar-refractivity contribution in [2.24, 2.45) is 0 Å². The molecule has 26 heavy (non-hydrogen) atoms. The van der Waals surface area contributed by atoms with Crippen molar-refractivity contribution in [1.29, 1.82) is 0 Å². The second-order valence-electron chi connectivity index (χ2n) is 6.33. The molecule has 1 saturated heterocycles. The minimum Gasteiger partial charge on any atom is -0.339 e. The summed E-state index contributed by atoms with van der Waals surface area (Å²) in [5, 5.41) is 4.94. The van der Waals surface area contributed by atoms with Gasteiger partial charge in [-0.1, -0.05) is 52.1 Å². The quantitative estimate of drug-likeness (QED) is 0.642. The van der Waals surface area contributed by atoms with Crippen LogP contribution >= 0.6 is 23.2 Å². The van der Waals surface area contributed by atoms with E-state index in [4.69, 9.17) is 27.7 Å². The zero-order valence-corrected chi connectivity index (χ0v) is 15.5. The fourth-order valence-corrected chi connectivity index (χ4v) is 3.37. The second-order valence-corrected chi connectivity index (χ2v) is 7.14. The van der Waals surface area contributed by atoms with Gasteiger partial charge < -0.3 is 9.42 Å². The number of nitrogens with zero attached hydrogens (tertiary/aromatic N) is 3. The van der Waals surface area contributed by atoms with Crippen LogP contribution in [0, 0.1) is 6.92 Å². The third-order valence-electron chi connectivity index (χ3n) is 4.41. The van der Waals surface area contributed by atoms with Gasteiger partial charge >= 0.3 is 0 Å². The fraction of sp³-hybridized carbons (Fsp3) is 0.211. The number of aryl methyl sites for hydroxylation is 1. The second kappa shape index (κ2) is 6.74. The summed E-state index contributed by atoms with van der Waals surface area (Å²) < 4.78 is 5.43. The zero-order chi connectivity index (χ0) is 18.3. The number of benzene rings is 2. The van der Waals surface area contributed by atoms with E-state index in [0.29, 0.717) is 40.4 Å². The number of rotatable bonds is 3. The molecule has 2 aromatic carbocycles. The van der Waals surface area contributed by atoms with Crippen molar-refractivity contribution in [2.45, 2.75) is 19.3 Å². The van der Waals surface area contributed by atoms with Crippen molar-refractivity contribution in [1.82, 2.24) is 10.1 Å². The van der Waals surface area contributed by atoms with Crippen molar-refractivity contribution in [2.75, 3.05) is 11.4 Å². The van der Waals surface area contributed by atoms with Gasteiger partial charge in [0.1, 0.15) is 0 Å². The lowest BCUT2D eigenvalue weighted by Crippen LogP contribution is -2.24. The van der Waals surface area contributed by atoms with Crippen LogP contribution in [0.3, 0.4) is 0 Å². The number of hydrogen-bond acceptors (Lipinski definition) is 4. The highest BCUT2D eigenvalue weighted by atomic mass is 35.5. The first-order chi connectivity index (χ1) is 12.5. The van der Waals surface area contributed by atoms with E-state index >= 15 is 0 Å². The van der Waals surface area contributed by atoms with Crippen LogP contribution in [0.1, 0.15) is 23.8 Å². The van der Waals surface area contributed by atoms with E-state index in [-0.39, 0.29) is 11.8 Å². The molecular formula is C19H15Cl2N3O2. The van der Waals surface area contributed by atoms with E-state index < -0.39 is 0 Å². The highest BCUT2D eigenvalue weighted by Gasteiger charge is 2.35. The molecule has 0 saturated carbocycles. The lowest BCUT2D eigenvalue weighted by molar-refractivity contribution is -0.117. The maximum Gasteiger partial charge on any atom is 0.232 e. The SMILES string of the molecule is Cc1cccc(-c2noc(C3CC(=O)N(c4ccc(Cl)c(Cl)c4)C3)n2)c1. The molecule has 4 rings (SSSR count). The Kier molecular flexibility index (Phi) is 4.42. The molecule has 0 spiro atoms. The van der Waals surface area contributed by atoms with Crippen LogP contribution in [-0.2, 0) is 4.79 Å². The number of aromatic nitrogens is 2. The van der Waals surface area contributed by atoms with Crippen LogP contribution in [0.25, 0.3) is 11.4 Å². The van der Waals surface area contributed by atoms with E-state index in [0.717, 1.165) is 11.1 Å². The van der Waals surface area contributed by atoms with Crippen molar-refractivity contribution < 1.29 is 9.32 Å². The summed E-state index contributed by atoms with van der Waals surface area (Å²) in [5.74, 6) is 0.841. The van der Waals surface area contributed by atoms with Gasteiger partial charge in [-0.2, -0.15) is 4.98 Å². The third kappa shape index (κ3) is 3.20. The molecule has 7 heteroatoms. The minimum absolute atomic E-state index is 0.0105. The minimum atomic E-state index is -0.150. The Bertz CT molecular complexity index is 986. The largest absolute Gasteiger partial charge is 0.339 e. The predicted octanol–water partition coefficient (Wildman–Crippen LogP) is 4.87. The molecule has 1 unspecified atom stereocenters. The van der Waals surface area contributed by atoms with Gasteiger partial charge in [-0.15, -0.1) is 0 Å². The Balaban J connectivity index is 1.56. The number of amides is 1. The topological polar surface area (TPSA) is 59.2 Å². The van der Waals surface area contributed by atoms with Crippen molar-refractivity contribution >= 4 is 34.8 Å². The highest BCUT2D eigenvalue weighted by molar-refractivity contribution is 6.42. The zero-order valence-electron chi connectivity index (χ0n) is 13.9. The molecule has 0 N–H and O–H groups in total. The highest BCUT2D eigenvalue weighted by Crippen LogP contribution is 2.34. The van der Waals surface area contributed by atoms with Crippen LogP contribution in [0.5, 0.6) is 0 Å². The Hall–Kier alpha value is -2.37. The fourth-order valence-electron chi connectivity index (χ4n) is 3.08. The standard InChI is InChI=1S/C19H15Cl2N3O2/c1-11-3-2-4-12(7-11)18-22-19(26-23-18)13-8-17(25)24(10-13)14-5-6-15(20)16(21)9-14/h2-7,9,13H,8,10H2,1H3. The Morgan fingerprint density at radius 1 is 1.15 bits per heavy atom. The van der Waals surface area contributed by atoms with E-state index in [1.807, 2.05) is 31.2 Å². The molecule has 1 aromatic heterocycles. The average molecular weight is 388 g/mol. The normalized spacial score (nSPS) is 17.1. The molecule has 0 radical (unpaired) electrons. The van der Waals surface area contributed by atoms with Crippen molar-refractivity contribution in [3.63, 3.8) is 0 Å². The van der Waals surface area contributed by atoms with E-state index in [1.54, 1.807) is 23.1 Å². The smallest absolute Gasteiger partial charge is 0.232 e. The summed E-state index contributed by atoms with van der Waals surface area (Å²) >= 11 is 12.0. The number of anilines is 1. The molecule has 3 aromatic rings. The number of halogens is 2. The van der Waals surface area contributed by atoms with Gasteiger partial charge in [-0.25, -0.2) is 0 Å². The first-order valence-electron chi connectivity index (χ1n) is 8.17. The molecule has 1 aliphatic heterocycles. The van der Waals surface area contributed by atoms with Gasteiger partial charge in [0.2, 0.25) is 17.6 Å². The Labute approximate surface area is 160 Å². The first-order valence-corrected chi connectivity index (χ1v) is 8.93. The first kappa shape index (κ1) is 17.1. The van der Waals surface area contributed by atoms with Crippen molar-refractivity contribution in [3.8, 4) is 11.4 Å². The Morgan fingerprint density at radius 2 is 2.00 bits per heavy atom. The molecule has 0 aliphatic carbocycles. The predicted molar refractivity (Wildman–Crippen MR) is 101 cm³/mol. The summed E-state index contributed by atoms with van der Waals surface area (Å²) in [6.45, 7) is 2.47. The molecule has 1 fully saturated rings. The average Bonchev–Trinajstić information content (AvgIpc) is 3.24. The van der Waals surface area contributed by atoms with E-state index in [9.17, 15) is 4.79 Å². The van der Waals surface area contributed by atoms with Gasteiger partial charge in [0.25, 0.3) is 0 Å². The summed E-state index contributed by atoms with van der Waals surface area (Å²) in [4.78, 5) is 18.6. The summed E-state index contributed by atoms with van der Waals surface area (Å²) in [5.41, 5.74) is 2.73. The summed E-state index contributed by atoms with van der Waals surface area (Å²) in [6, 6.07) is 13.0. The van der Waals surface area contributed by atoms with E-state index in [2.05, 4.69) is 10.1 Å². The molecule has 1 atom stereocenters. The lowest BCUT2D eigenvalue weighted by Gasteiger charge is -2.16. The Morgan fingerprint density at radius 3 is 2.77 bits per heavy atom. The summed E-state index contributed by atoms with van der Waals surface area (Å²) in [7, 11) is 0. The van der Waals surface area contributed by atoms with Gasteiger partial charge in [-0.05, 0) is 31.2 Å².